The first-order chi connectivity index (χ1) is 6.71. The van der Waals surface area contributed by atoms with E-state index in [0.717, 1.165) is 24.5 Å². The Morgan fingerprint density at radius 1 is 1.57 bits per heavy atom. The Labute approximate surface area is 93.1 Å². The largest absolute Gasteiger partial charge is 0.295 e. The van der Waals surface area contributed by atoms with Crippen LogP contribution in [0.15, 0.2) is 11.6 Å². The van der Waals surface area contributed by atoms with E-state index in [1.807, 2.05) is 0 Å². The normalized spacial score (nSPS) is 46.1. The van der Waals surface area contributed by atoms with E-state index in [2.05, 4.69) is 36.5 Å². The van der Waals surface area contributed by atoms with Crippen molar-refractivity contribution in [2.24, 2.45) is 5.92 Å². The summed E-state index contributed by atoms with van der Waals surface area (Å²) >= 11 is 4.21. The maximum absolute atomic E-state index is 11.6. The molecule has 0 aromatic carbocycles. The number of hydrogen-bond acceptors (Lipinski definition) is 3. The van der Waals surface area contributed by atoms with Crippen LogP contribution >= 0.6 is 23.5 Å². The van der Waals surface area contributed by atoms with E-state index < -0.39 is 0 Å². The molecule has 3 heteroatoms. The minimum atomic E-state index is 0.362. The van der Waals surface area contributed by atoms with Gasteiger partial charge < -0.3 is 0 Å². The highest BCUT2D eigenvalue weighted by Gasteiger charge is 2.52. The SMILES string of the molecule is CC1CSC2(CC=C3C(=O)CCC32)S1. The highest BCUT2D eigenvalue weighted by molar-refractivity contribution is 8.21. The lowest BCUT2D eigenvalue weighted by atomic mass is 10.0. The number of thioether (sulfide) groups is 2. The van der Waals surface area contributed by atoms with Crippen molar-refractivity contribution in [3.8, 4) is 0 Å². The lowest BCUT2D eigenvalue weighted by Gasteiger charge is -2.28. The number of hydrogen-bond donors (Lipinski definition) is 0. The summed E-state index contributed by atoms with van der Waals surface area (Å²) in [5.74, 6) is 2.26. The quantitative estimate of drug-likeness (QED) is 0.632. The third-order valence-electron chi connectivity index (χ3n) is 3.46. The van der Waals surface area contributed by atoms with Gasteiger partial charge in [0.2, 0.25) is 0 Å². The predicted molar refractivity (Wildman–Crippen MR) is 62.7 cm³/mol. The minimum absolute atomic E-state index is 0.362. The molecule has 1 aliphatic heterocycles. The molecule has 2 fully saturated rings. The van der Waals surface area contributed by atoms with Crippen LogP contribution in [0, 0.1) is 5.92 Å². The van der Waals surface area contributed by atoms with Crippen molar-refractivity contribution in [2.45, 2.75) is 35.5 Å². The molecule has 0 amide bonds. The smallest absolute Gasteiger partial charge is 0.158 e. The molecule has 3 rings (SSSR count). The highest BCUT2D eigenvalue weighted by Crippen LogP contribution is 2.62. The third kappa shape index (κ3) is 1.15. The second-order valence-electron chi connectivity index (χ2n) is 4.43. The van der Waals surface area contributed by atoms with Crippen LogP contribution in [0.2, 0.25) is 0 Å². The molecule has 0 aromatic heterocycles. The third-order valence-corrected chi connectivity index (χ3v) is 7.34. The number of Topliss-reactive ketones (excluding diaryl/α,β-unsaturated/α-hetero) is 1. The second kappa shape index (κ2) is 3.05. The summed E-state index contributed by atoms with van der Waals surface area (Å²) in [6.45, 7) is 2.31. The fourth-order valence-corrected chi connectivity index (χ4v) is 6.71. The molecular formula is C11H14OS2. The molecule has 0 radical (unpaired) electrons. The van der Waals surface area contributed by atoms with Crippen LogP contribution in [-0.2, 0) is 4.79 Å². The Hall–Kier alpha value is 0.110. The van der Waals surface area contributed by atoms with Gasteiger partial charge in [0.1, 0.15) is 0 Å². The molecule has 1 saturated heterocycles. The van der Waals surface area contributed by atoms with Gasteiger partial charge in [-0.15, -0.1) is 23.5 Å². The van der Waals surface area contributed by atoms with Gasteiger partial charge in [0.25, 0.3) is 0 Å². The van der Waals surface area contributed by atoms with Crippen molar-refractivity contribution in [2.75, 3.05) is 5.75 Å². The number of rotatable bonds is 0. The van der Waals surface area contributed by atoms with Crippen molar-refractivity contribution in [3.63, 3.8) is 0 Å². The number of fused-ring (bicyclic) bond motifs is 2. The molecule has 3 unspecified atom stereocenters. The van der Waals surface area contributed by atoms with Crippen LogP contribution in [0.4, 0.5) is 0 Å². The van der Waals surface area contributed by atoms with Crippen LogP contribution in [0.5, 0.6) is 0 Å². The highest BCUT2D eigenvalue weighted by atomic mass is 32.2. The fourth-order valence-electron chi connectivity index (χ4n) is 2.83. The maximum atomic E-state index is 11.6. The minimum Gasteiger partial charge on any atom is -0.295 e. The van der Waals surface area contributed by atoms with Gasteiger partial charge in [-0.1, -0.05) is 13.0 Å². The molecule has 1 heterocycles. The van der Waals surface area contributed by atoms with Gasteiger partial charge in [-0.25, -0.2) is 0 Å². The van der Waals surface area contributed by atoms with E-state index in [0.29, 0.717) is 15.8 Å². The topological polar surface area (TPSA) is 17.1 Å². The zero-order chi connectivity index (χ0) is 9.76. The maximum Gasteiger partial charge on any atom is 0.158 e. The van der Waals surface area contributed by atoms with Gasteiger partial charge in [0.15, 0.2) is 5.78 Å². The molecule has 76 valence electrons. The Morgan fingerprint density at radius 2 is 2.43 bits per heavy atom. The summed E-state index contributed by atoms with van der Waals surface area (Å²) in [4.78, 5) is 11.6. The van der Waals surface area contributed by atoms with E-state index in [1.54, 1.807) is 0 Å². The Balaban J connectivity index is 1.90. The molecule has 3 aliphatic rings. The van der Waals surface area contributed by atoms with Crippen LogP contribution < -0.4 is 0 Å². The van der Waals surface area contributed by atoms with Crippen molar-refractivity contribution in [1.29, 1.82) is 0 Å². The Kier molecular flexibility index (Phi) is 2.04. The van der Waals surface area contributed by atoms with Gasteiger partial charge in [-0.05, 0) is 18.4 Å². The number of carbonyl (C=O) groups excluding carboxylic acids is 1. The first kappa shape index (κ1) is 9.34. The number of allylic oxidation sites excluding steroid dienone is 2. The summed E-state index contributed by atoms with van der Waals surface area (Å²) in [5, 5.41) is 0.767. The summed E-state index contributed by atoms with van der Waals surface area (Å²) in [6.07, 6.45) is 5.25. The van der Waals surface area contributed by atoms with Crippen molar-refractivity contribution in [3.05, 3.63) is 11.6 Å². The van der Waals surface area contributed by atoms with Gasteiger partial charge in [0.05, 0.1) is 4.08 Å². The van der Waals surface area contributed by atoms with Crippen LogP contribution in [0.25, 0.3) is 0 Å². The molecule has 2 aliphatic carbocycles. The lowest BCUT2D eigenvalue weighted by molar-refractivity contribution is -0.114. The van der Waals surface area contributed by atoms with Crippen molar-refractivity contribution < 1.29 is 4.79 Å². The Morgan fingerprint density at radius 3 is 3.14 bits per heavy atom. The molecule has 0 aromatic rings. The molecular weight excluding hydrogens is 212 g/mol. The van der Waals surface area contributed by atoms with E-state index in [9.17, 15) is 4.79 Å². The molecule has 1 saturated carbocycles. The average Bonchev–Trinajstić information content (AvgIpc) is 2.77. The Bertz CT molecular complexity index is 323. The zero-order valence-corrected chi connectivity index (χ0v) is 9.92. The van der Waals surface area contributed by atoms with Gasteiger partial charge in [-0.2, -0.15) is 0 Å². The van der Waals surface area contributed by atoms with Gasteiger partial charge in [0, 0.05) is 23.3 Å². The first-order valence-electron chi connectivity index (χ1n) is 5.26. The van der Waals surface area contributed by atoms with E-state index in [4.69, 9.17) is 0 Å². The second-order valence-corrected chi connectivity index (χ2v) is 7.81. The zero-order valence-electron chi connectivity index (χ0n) is 8.29. The monoisotopic (exact) mass is 226 g/mol. The molecule has 0 N–H and O–H groups in total. The predicted octanol–water partition coefficient (Wildman–Crippen LogP) is 2.86. The molecule has 0 bridgehead atoms. The van der Waals surface area contributed by atoms with Crippen LogP contribution in [0.1, 0.15) is 26.2 Å². The molecule has 1 nitrogen and oxygen atoms in total. The molecule has 3 atom stereocenters. The lowest BCUT2D eigenvalue weighted by Crippen LogP contribution is -2.23. The standard InChI is InChI=1S/C11H14OS2/c1-7-6-13-11(14-7)5-4-8-9(11)2-3-10(8)12/h4,7,9H,2-3,5-6H2,1H3. The summed E-state index contributed by atoms with van der Waals surface area (Å²) in [7, 11) is 0. The van der Waals surface area contributed by atoms with Gasteiger partial charge in [-0.3, -0.25) is 4.79 Å². The van der Waals surface area contributed by atoms with Crippen molar-refractivity contribution >= 4 is 29.3 Å². The molecule has 1 spiro atoms. The molecule has 14 heavy (non-hydrogen) atoms. The van der Waals surface area contributed by atoms with Gasteiger partial charge >= 0.3 is 0 Å². The summed E-state index contributed by atoms with van der Waals surface area (Å²) < 4.78 is 0.362. The van der Waals surface area contributed by atoms with Crippen molar-refractivity contribution in [1.82, 2.24) is 0 Å². The van der Waals surface area contributed by atoms with E-state index >= 15 is 0 Å². The number of carbonyl (C=O) groups is 1. The van der Waals surface area contributed by atoms with Crippen LogP contribution in [0.3, 0.4) is 0 Å². The fraction of sp³-hybridized carbons (Fsp3) is 0.727. The first-order valence-corrected chi connectivity index (χ1v) is 7.13. The van der Waals surface area contributed by atoms with E-state index in [-0.39, 0.29) is 0 Å². The number of ketones is 1. The van der Waals surface area contributed by atoms with Crippen LogP contribution in [-0.4, -0.2) is 20.9 Å². The average molecular weight is 226 g/mol. The summed E-state index contributed by atoms with van der Waals surface area (Å²) in [5.41, 5.74) is 1.17. The summed E-state index contributed by atoms with van der Waals surface area (Å²) in [6, 6.07) is 0. The van der Waals surface area contributed by atoms with E-state index in [1.165, 1.54) is 11.3 Å².